The van der Waals surface area contributed by atoms with Crippen LogP contribution in [0.4, 0.5) is 5.69 Å². The number of amides is 1. The van der Waals surface area contributed by atoms with Gasteiger partial charge in [0.25, 0.3) is 0 Å². The van der Waals surface area contributed by atoms with Crippen LogP contribution in [0.5, 0.6) is 0 Å². The molecule has 0 spiro atoms. The zero-order valence-electron chi connectivity index (χ0n) is 17.0. The fraction of sp³-hybridized carbons (Fsp3) is 0.391. The van der Waals surface area contributed by atoms with Gasteiger partial charge < -0.3 is 4.90 Å². The van der Waals surface area contributed by atoms with Crippen molar-refractivity contribution in [3.8, 4) is 10.6 Å². The molecule has 1 aromatic carbocycles. The number of aryl methyl sites for hydroxylation is 1. The lowest BCUT2D eigenvalue weighted by Crippen LogP contribution is -2.50. The van der Waals surface area contributed by atoms with Crippen LogP contribution in [0.15, 0.2) is 47.2 Å². The number of carbonyl (C=O) groups excluding carboxylic acids is 1. The third-order valence-corrected chi connectivity index (χ3v) is 7.65. The fourth-order valence-electron chi connectivity index (χ4n) is 4.29. The van der Waals surface area contributed by atoms with E-state index in [1.165, 1.54) is 15.4 Å². The van der Waals surface area contributed by atoms with E-state index in [-0.39, 0.29) is 5.91 Å². The van der Waals surface area contributed by atoms with Crippen molar-refractivity contribution >= 4 is 34.3 Å². The monoisotopic (exact) mass is 438 g/mol. The van der Waals surface area contributed by atoms with Gasteiger partial charge in [0.05, 0.1) is 23.7 Å². The summed E-state index contributed by atoms with van der Waals surface area (Å²) in [4.78, 5) is 25.8. The number of rotatable bonds is 5. The van der Waals surface area contributed by atoms with Crippen LogP contribution in [0.2, 0.25) is 0 Å². The molecule has 2 aliphatic heterocycles. The highest BCUT2D eigenvalue weighted by molar-refractivity contribution is 7.14. The lowest BCUT2D eigenvalue weighted by atomic mass is 10.0. The molecule has 0 aliphatic carbocycles. The van der Waals surface area contributed by atoms with E-state index in [1.54, 1.807) is 22.7 Å². The van der Waals surface area contributed by atoms with Gasteiger partial charge in [-0.05, 0) is 35.9 Å². The minimum absolute atomic E-state index is 0.233. The molecule has 1 amide bonds. The average molecular weight is 439 g/mol. The first-order valence-corrected chi connectivity index (χ1v) is 12.3. The first-order chi connectivity index (χ1) is 14.8. The molecule has 4 heterocycles. The average Bonchev–Trinajstić information content (AvgIpc) is 3.47. The molecule has 1 fully saturated rings. The number of benzene rings is 1. The molecule has 1 saturated heterocycles. The maximum absolute atomic E-state index is 13.0. The molecule has 0 saturated carbocycles. The van der Waals surface area contributed by atoms with Crippen molar-refractivity contribution in [1.82, 2.24) is 14.8 Å². The van der Waals surface area contributed by atoms with Crippen molar-refractivity contribution in [3.05, 3.63) is 57.7 Å². The number of nitrogens with zero attached hydrogens (tertiary/aromatic N) is 4. The molecule has 0 N–H and O–H groups in total. The number of hydrogen-bond acceptors (Lipinski definition) is 6. The second-order valence-electron chi connectivity index (χ2n) is 7.93. The van der Waals surface area contributed by atoms with Gasteiger partial charge in [-0.15, -0.1) is 22.7 Å². The van der Waals surface area contributed by atoms with Gasteiger partial charge in [-0.2, -0.15) is 0 Å². The summed E-state index contributed by atoms with van der Waals surface area (Å²) in [6.45, 7) is 6.09. The van der Waals surface area contributed by atoms with Gasteiger partial charge in [0, 0.05) is 43.8 Å². The van der Waals surface area contributed by atoms with Crippen molar-refractivity contribution in [3.63, 3.8) is 0 Å². The Morgan fingerprint density at radius 1 is 0.967 bits per heavy atom. The summed E-state index contributed by atoms with van der Waals surface area (Å²) in [5, 5.41) is 5.43. The van der Waals surface area contributed by atoms with E-state index in [2.05, 4.69) is 50.9 Å². The molecule has 5 rings (SSSR count). The number of aromatic nitrogens is 1. The summed E-state index contributed by atoms with van der Waals surface area (Å²) in [6.07, 6.45) is 2.13. The van der Waals surface area contributed by atoms with Gasteiger partial charge >= 0.3 is 0 Å². The molecule has 2 aliphatic rings. The predicted octanol–water partition coefficient (Wildman–Crippen LogP) is 3.97. The molecule has 0 unspecified atom stereocenters. The van der Waals surface area contributed by atoms with Crippen LogP contribution in [0, 0.1) is 0 Å². The second-order valence-corrected chi connectivity index (χ2v) is 9.82. The lowest BCUT2D eigenvalue weighted by molar-refractivity contribution is -0.120. The number of fused-ring (bicyclic) bond motifs is 1. The van der Waals surface area contributed by atoms with E-state index in [1.807, 2.05) is 11.0 Å². The minimum Gasteiger partial charge on any atom is -0.311 e. The minimum atomic E-state index is 0.233. The van der Waals surface area contributed by atoms with E-state index in [4.69, 9.17) is 4.98 Å². The summed E-state index contributed by atoms with van der Waals surface area (Å²) in [5.41, 5.74) is 3.50. The van der Waals surface area contributed by atoms with Crippen molar-refractivity contribution < 1.29 is 4.79 Å². The number of anilines is 1. The van der Waals surface area contributed by atoms with Gasteiger partial charge in [0.15, 0.2) is 0 Å². The molecule has 0 atom stereocenters. The van der Waals surface area contributed by atoms with Crippen LogP contribution in [-0.2, 0) is 17.8 Å². The van der Waals surface area contributed by atoms with Crippen LogP contribution in [0.1, 0.15) is 17.0 Å². The highest BCUT2D eigenvalue weighted by Gasteiger charge is 2.25. The quantitative estimate of drug-likeness (QED) is 0.604. The maximum Gasteiger partial charge on any atom is 0.241 e. The smallest absolute Gasteiger partial charge is 0.241 e. The standard InChI is InChI=1S/C23H26N4OS2/c28-23(27-9-3-6-18-5-1-2-7-20(18)27)16-26-12-10-25(11-13-26)15-22-24-19(17-30-22)21-8-4-14-29-21/h1-2,4-5,7-8,14,17H,3,6,9-13,15-16H2. The van der Waals surface area contributed by atoms with Crippen LogP contribution < -0.4 is 4.90 Å². The first-order valence-electron chi connectivity index (χ1n) is 10.6. The van der Waals surface area contributed by atoms with E-state index in [0.29, 0.717) is 6.54 Å². The van der Waals surface area contributed by atoms with E-state index < -0.39 is 0 Å². The zero-order chi connectivity index (χ0) is 20.3. The third kappa shape index (κ3) is 4.34. The van der Waals surface area contributed by atoms with Gasteiger partial charge in [0.2, 0.25) is 5.91 Å². The normalized spacial score (nSPS) is 17.8. The van der Waals surface area contributed by atoms with Crippen molar-refractivity contribution in [2.45, 2.75) is 19.4 Å². The molecule has 3 aromatic rings. The highest BCUT2D eigenvalue weighted by atomic mass is 32.1. The number of carbonyl (C=O) groups is 1. The Labute approximate surface area is 185 Å². The first kappa shape index (κ1) is 19.9. The third-order valence-electron chi connectivity index (χ3n) is 5.92. The topological polar surface area (TPSA) is 39.7 Å². The Hall–Kier alpha value is -2.06. The highest BCUT2D eigenvalue weighted by Crippen LogP contribution is 2.28. The summed E-state index contributed by atoms with van der Waals surface area (Å²) >= 11 is 3.48. The molecule has 30 heavy (non-hydrogen) atoms. The Morgan fingerprint density at radius 2 is 1.80 bits per heavy atom. The van der Waals surface area contributed by atoms with Crippen LogP contribution in [-0.4, -0.2) is 60.0 Å². The zero-order valence-corrected chi connectivity index (χ0v) is 18.6. The molecular weight excluding hydrogens is 412 g/mol. The van der Waals surface area contributed by atoms with Crippen molar-refractivity contribution in [2.75, 3.05) is 44.2 Å². The lowest BCUT2D eigenvalue weighted by Gasteiger charge is -2.36. The Morgan fingerprint density at radius 3 is 2.63 bits per heavy atom. The van der Waals surface area contributed by atoms with Crippen molar-refractivity contribution in [1.29, 1.82) is 0 Å². The molecule has 0 bridgehead atoms. The van der Waals surface area contributed by atoms with Crippen LogP contribution >= 0.6 is 22.7 Å². The number of piperazine rings is 1. The Balaban J connectivity index is 1.13. The summed E-state index contributed by atoms with van der Waals surface area (Å²) in [7, 11) is 0. The number of para-hydroxylation sites is 1. The second kappa shape index (κ2) is 8.98. The van der Waals surface area contributed by atoms with Crippen LogP contribution in [0.3, 0.4) is 0 Å². The van der Waals surface area contributed by atoms with Gasteiger partial charge in [-0.3, -0.25) is 14.6 Å². The maximum atomic E-state index is 13.0. The van der Waals surface area contributed by atoms with E-state index in [0.717, 1.165) is 63.5 Å². The molecule has 5 nitrogen and oxygen atoms in total. The Kier molecular flexibility index (Phi) is 5.95. The molecule has 2 aromatic heterocycles. The molecule has 156 valence electrons. The van der Waals surface area contributed by atoms with Gasteiger partial charge in [-0.1, -0.05) is 24.3 Å². The number of thiophene rings is 1. The van der Waals surface area contributed by atoms with E-state index in [9.17, 15) is 4.79 Å². The van der Waals surface area contributed by atoms with Gasteiger partial charge in [0.1, 0.15) is 5.01 Å². The predicted molar refractivity (Wildman–Crippen MR) is 124 cm³/mol. The van der Waals surface area contributed by atoms with Crippen LogP contribution in [0.25, 0.3) is 10.6 Å². The van der Waals surface area contributed by atoms with E-state index >= 15 is 0 Å². The van der Waals surface area contributed by atoms with Crippen molar-refractivity contribution in [2.24, 2.45) is 0 Å². The molecule has 0 radical (unpaired) electrons. The summed E-state index contributed by atoms with van der Waals surface area (Å²) in [5.74, 6) is 0.233. The fourth-order valence-corrected chi connectivity index (χ4v) is 5.88. The summed E-state index contributed by atoms with van der Waals surface area (Å²) in [6, 6.07) is 12.5. The largest absolute Gasteiger partial charge is 0.311 e. The number of thiazole rings is 1. The molecule has 7 heteroatoms. The summed E-state index contributed by atoms with van der Waals surface area (Å²) < 4.78 is 0. The SMILES string of the molecule is O=C(CN1CCN(Cc2nc(-c3cccs3)cs2)CC1)N1CCCc2ccccc21. The number of hydrogen-bond donors (Lipinski definition) is 0. The molecular formula is C23H26N4OS2. The van der Waals surface area contributed by atoms with Gasteiger partial charge in [-0.25, -0.2) is 4.98 Å². The Bertz CT molecular complexity index is 992.